The Morgan fingerprint density at radius 3 is 2.44 bits per heavy atom. The fourth-order valence-corrected chi connectivity index (χ4v) is 3.67. The van der Waals surface area contributed by atoms with Crippen LogP contribution in [0, 0.1) is 11.8 Å². The van der Waals surface area contributed by atoms with Gasteiger partial charge in [0.05, 0.1) is 6.54 Å². The molecule has 4 amide bonds. The van der Waals surface area contributed by atoms with Crippen LogP contribution in [0.1, 0.15) is 30.9 Å². The maximum Gasteiger partial charge on any atom is 0.322 e. The van der Waals surface area contributed by atoms with Crippen molar-refractivity contribution in [3.63, 3.8) is 0 Å². The molecule has 0 aromatic heterocycles. The summed E-state index contributed by atoms with van der Waals surface area (Å²) in [6.07, 6.45) is 2.04. The van der Waals surface area contributed by atoms with Crippen LogP contribution < -0.4 is 16.0 Å². The molecule has 1 saturated carbocycles. The van der Waals surface area contributed by atoms with E-state index in [0.29, 0.717) is 6.42 Å². The minimum atomic E-state index is -2.93. The Morgan fingerprint density at radius 1 is 1.33 bits per heavy atom. The van der Waals surface area contributed by atoms with Crippen LogP contribution in [-0.4, -0.2) is 29.9 Å². The first-order valence-electron chi connectivity index (χ1n) is 8.69. The van der Waals surface area contributed by atoms with Gasteiger partial charge in [0.15, 0.2) is 0 Å². The van der Waals surface area contributed by atoms with Crippen LogP contribution in [0.4, 0.5) is 13.6 Å². The van der Waals surface area contributed by atoms with E-state index in [2.05, 4.69) is 16.0 Å². The van der Waals surface area contributed by atoms with Crippen molar-refractivity contribution >= 4 is 40.4 Å². The number of benzene rings is 1. The summed E-state index contributed by atoms with van der Waals surface area (Å²) in [6.45, 7) is 1.77. The Bertz CT molecular complexity index is 762. The van der Waals surface area contributed by atoms with Gasteiger partial charge in [-0.3, -0.25) is 14.9 Å². The summed E-state index contributed by atoms with van der Waals surface area (Å²) in [5.41, 5.74) is -0.385. The van der Waals surface area contributed by atoms with E-state index < -0.39 is 27.3 Å². The minimum Gasteiger partial charge on any atom is -0.353 e. The molecular formula is C18H20F2IN3O3. The molecule has 3 N–H and O–H groups in total. The number of urea groups is 1. The van der Waals surface area contributed by atoms with Gasteiger partial charge in [-0.1, -0.05) is 31.2 Å². The first kappa shape index (κ1) is 20.0. The molecule has 27 heavy (non-hydrogen) atoms. The molecule has 0 spiro atoms. The molecule has 1 aromatic rings. The van der Waals surface area contributed by atoms with Gasteiger partial charge in [-0.2, -0.15) is 8.78 Å². The van der Waals surface area contributed by atoms with E-state index in [0.717, 1.165) is 41.0 Å². The number of halogens is 3. The lowest BCUT2D eigenvalue weighted by Crippen LogP contribution is -2.57. The number of nitrogens with one attached hydrogen (secondary N) is 3. The molecule has 2 fully saturated rings. The van der Waals surface area contributed by atoms with Crippen LogP contribution in [-0.2, 0) is 19.9 Å². The van der Waals surface area contributed by atoms with E-state index in [1.165, 1.54) is 12.1 Å². The van der Waals surface area contributed by atoms with E-state index >= 15 is 0 Å². The molecule has 1 saturated heterocycles. The Labute approximate surface area is 169 Å². The molecule has 3 rings (SSSR count). The third kappa shape index (κ3) is 4.39. The third-order valence-corrected chi connectivity index (χ3v) is 5.68. The van der Waals surface area contributed by atoms with Gasteiger partial charge >= 0.3 is 9.96 Å². The van der Waals surface area contributed by atoms with Crippen molar-refractivity contribution in [1.29, 1.82) is 0 Å². The Balaban J connectivity index is 1.58. The standard InChI is InChI=1S/C18H20F2IN3O3/c1-10(8-11-2-4-13(5-3-11)18(19,20)21)14(25)22-9-17(12-6-7-12)15(26)23-16(27)24-17/h2-5,10,12H,6-9H2,1H3,(H,22,25)(H2,23,24,26,27). The van der Waals surface area contributed by atoms with Crippen molar-refractivity contribution in [3.05, 3.63) is 35.4 Å². The van der Waals surface area contributed by atoms with Gasteiger partial charge in [-0.15, -0.1) is 0 Å². The van der Waals surface area contributed by atoms with E-state index in [9.17, 15) is 23.2 Å². The van der Waals surface area contributed by atoms with E-state index in [1.54, 1.807) is 19.1 Å². The number of carbonyl (C=O) groups excluding carboxylic acids is 3. The maximum absolute atomic E-state index is 13.3. The average Bonchev–Trinajstić information content (AvgIpc) is 3.39. The monoisotopic (exact) mass is 491 g/mol. The van der Waals surface area contributed by atoms with Gasteiger partial charge in [-0.05, 0) is 30.7 Å². The Hall–Kier alpha value is -1.78. The summed E-state index contributed by atoms with van der Waals surface area (Å²) in [5.74, 6) is -1.04. The first-order chi connectivity index (χ1) is 12.6. The lowest BCUT2D eigenvalue weighted by molar-refractivity contribution is -0.127. The first-order valence-corrected chi connectivity index (χ1v) is 9.77. The second-order valence-corrected chi connectivity index (χ2v) is 8.53. The molecule has 2 unspecified atom stereocenters. The molecule has 1 aliphatic heterocycles. The maximum atomic E-state index is 13.3. The van der Waals surface area contributed by atoms with Crippen LogP contribution in [0.2, 0.25) is 0 Å². The predicted octanol–water partition coefficient (Wildman–Crippen LogP) is 2.45. The van der Waals surface area contributed by atoms with Crippen LogP contribution in [0.15, 0.2) is 24.3 Å². The molecule has 0 bridgehead atoms. The van der Waals surface area contributed by atoms with Crippen LogP contribution in [0.3, 0.4) is 0 Å². The topological polar surface area (TPSA) is 87.3 Å². The molecule has 2 atom stereocenters. The van der Waals surface area contributed by atoms with Gasteiger partial charge in [0.25, 0.3) is 5.91 Å². The zero-order chi connectivity index (χ0) is 19.8. The molecule has 1 aromatic carbocycles. The molecule has 9 heteroatoms. The highest BCUT2D eigenvalue weighted by molar-refractivity contribution is 14.1. The highest BCUT2D eigenvalue weighted by Gasteiger charge is 2.56. The van der Waals surface area contributed by atoms with Crippen LogP contribution in [0.5, 0.6) is 0 Å². The fourth-order valence-electron chi connectivity index (χ4n) is 3.31. The smallest absolute Gasteiger partial charge is 0.322 e. The number of carbonyl (C=O) groups is 3. The number of rotatable bonds is 7. The highest BCUT2D eigenvalue weighted by Crippen LogP contribution is 2.41. The molecular weight excluding hydrogens is 471 g/mol. The SMILES string of the molecule is CC(Cc1ccc(C(F)(F)I)cc1)C(=O)NCC1(C2CC2)NC(=O)NC1=O. The highest BCUT2D eigenvalue weighted by atomic mass is 127. The predicted molar refractivity (Wildman–Crippen MR) is 102 cm³/mol. The van der Waals surface area contributed by atoms with Gasteiger partial charge < -0.3 is 10.6 Å². The molecule has 2 aliphatic rings. The molecule has 1 aliphatic carbocycles. The van der Waals surface area contributed by atoms with Crippen molar-refractivity contribution in [2.45, 2.75) is 35.7 Å². The zero-order valence-corrected chi connectivity index (χ0v) is 16.8. The summed E-state index contributed by atoms with van der Waals surface area (Å²) in [6, 6.07) is 5.34. The van der Waals surface area contributed by atoms with Gasteiger partial charge in [-0.25, -0.2) is 4.79 Å². The second-order valence-electron chi connectivity index (χ2n) is 7.17. The summed E-state index contributed by atoms with van der Waals surface area (Å²) >= 11 is 1.07. The zero-order valence-electron chi connectivity index (χ0n) is 14.7. The number of hydrogen-bond donors (Lipinski definition) is 3. The van der Waals surface area contributed by atoms with Crippen molar-refractivity contribution in [1.82, 2.24) is 16.0 Å². The van der Waals surface area contributed by atoms with Crippen LogP contribution >= 0.6 is 22.6 Å². The lowest BCUT2D eigenvalue weighted by atomic mass is 9.92. The number of alkyl halides is 3. The summed E-state index contributed by atoms with van der Waals surface area (Å²) < 4.78 is 23.6. The average molecular weight is 491 g/mol. The third-order valence-electron chi connectivity index (χ3n) is 5.06. The van der Waals surface area contributed by atoms with Gasteiger partial charge in [0.2, 0.25) is 5.91 Å². The normalized spacial score (nSPS) is 23.6. The fraction of sp³-hybridized carbons (Fsp3) is 0.500. The quantitative estimate of drug-likeness (QED) is 0.311. The number of amides is 4. The summed E-state index contributed by atoms with van der Waals surface area (Å²) in [4.78, 5) is 36.1. The minimum absolute atomic E-state index is 0.0297. The molecule has 0 radical (unpaired) electrons. The molecule has 146 valence electrons. The Kier molecular flexibility index (Phi) is 5.42. The van der Waals surface area contributed by atoms with Crippen LogP contribution in [0.25, 0.3) is 0 Å². The number of hydrogen-bond acceptors (Lipinski definition) is 3. The van der Waals surface area contributed by atoms with Crippen molar-refractivity contribution in [2.24, 2.45) is 11.8 Å². The van der Waals surface area contributed by atoms with E-state index in [-0.39, 0.29) is 23.9 Å². The molecule has 1 heterocycles. The summed E-state index contributed by atoms with van der Waals surface area (Å²) in [5, 5.41) is 7.65. The van der Waals surface area contributed by atoms with Crippen molar-refractivity contribution in [3.8, 4) is 0 Å². The largest absolute Gasteiger partial charge is 0.353 e. The van der Waals surface area contributed by atoms with E-state index in [4.69, 9.17) is 0 Å². The number of imide groups is 1. The van der Waals surface area contributed by atoms with Crippen molar-refractivity contribution in [2.75, 3.05) is 6.54 Å². The molecule has 6 nitrogen and oxygen atoms in total. The van der Waals surface area contributed by atoms with E-state index in [1.807, 2.05) is 0 Å². The lowest BCUT2D eigenvalue weighted by Gasteiger charge is -2.27. The second kappa shape index (κ2) is 7.33. The summed E-state index contributed by atoms with van der Waals surface area (Å²) in [7, 11) is 0. The van der Waals surface area contributed by atoms with Crippen molar-refractivity contribution < 1.29 is 23.2 Å². The van der Waals surface area contributed by atoms with Gasteiger partial charge in [0, 0.05) is 34.1 Å². The Morgan fingerprint density at radius 2 is 1.96 bits per heavy atom. The van der Waals surface area contributed by atoms with Gasteiger partial charge in [0.1, 0.15) is 5.54 Å².